The number of anilines is 1. The molecule has 9 heteroatoms. The Balaban J connectivity index is 1.55. The van der Waals surface area contributed by atoms with E-state index < -0.39 is 11.2 Å². The molecule has 0 aliphatic carbocycles. The molecule has 3 heterocycles. The van der Waals surface area contributed by atoms with Crippen LogP contribution < -0.4 is 17.0 Å². The van der Waals surface area contributed by atoms with Crippen LogP contribution in [0.3, 0.4) is 0 Å². The molecule has 1 aliphatic heterocycles. The third kappa shape index (κ3) is 3.45. The Kier molecular flexibility index (Phi) is 5.07. The second-order valence-corrected chi connectivity index (χ2v) is 8.11. The molecule has 1 unspecified atom stereocenters. The molecule has 0 radical (unpaired) electrons. The number of Topliss-reactive ketones (excluding diaryl/α,β-unsaturated/α-hetero) is 1. The smallest absolute Gasteiger partial charge is 0.332 e. The number of likely N-dealkylation sites (tertiary alicyclic amines) is 1. The van der Waals surface area contributed by atoms with Gasteiger partial charge in [0.15, 0.2) is 5.78 Å². The quantitative estimate of drug-likeness (QED) is 0.617. The summed E-state index contributed by atoms with van der Waals surface area (Å²) in [5.74, 6) is 0.642. The Bertz CT molecular complexity index is 1250. The number of benzene rings is 1. The molecule has 4 rings (SSSR count). The minimum atomic E-state index is -0.651. The summed E-state index contributed by atoms with van der Waals surface area (Å²) in [5.41, 5.74) is 7.72. The fourth-order valence-electron chi connectivity index (χ4n) is 4.16. The summed E-state index contributed by atoms with van der Waals surface area (Å²) in [6, 6.07) is 6.12. The van der Waals surface area contributed by atoms with Crippen molar-refractivity contribution in [2.24, 2.45) is 14.1 Å². The zero-order valence-electron chi connectivity index (χ0n) is 17.4. The summed E-state index contributed by atoms with van der Waals surface area (Å²) in [6.45, 7) is 3.54. The number of aromatic nitrogens is 4. The molecule has 1 fully saturated rings. The number of ketones is 1. The van der Waals surface area contributed by atoms with Gasteiger partial charge in [-0.05, 0) is 44.0 Å². The first kappa shape index (κ1) is 20.1. The van der Waals surface area contributed by atoms with Gasteiger partial charge in [0.05, 0.1) is 17.6 Å². The Labute approximate surface area is 173 Å². The molecule has 0 bridgehead atoms. The van der Waals surface area contributed by atoms with Crippen LogP contribution in [-0.2, 0) is 14.1 Å². The van der Waals surface area contributed by atoms with Gasteiger partial charge in [0.1, 0.15) is 17.2 Å². The van der Waals surface area contributed by atoms with Crippen LogP contribution in [-0.4, -0.2) is 49.4 Å². The van der Waals surface area contributed by atoms with Gasteiger partial charge in [0.25, 0.3) is 5.56 Å². The number of rotatable bonds is 4. The molecule has 1 aliphatic rings. The van der Waals surface area contributed by atoms with Gasteiger partial charge in [0.2, 0.25) is 0 Å². The Morgan fingerprint density at radius 1 is 1.27 bits per heavy atom. The van der Waals surface area contributed by atoms with Crippen molar-refractivity contribution in [3.63, 3.8) is 0 Å². The predicted octanol–water partition coefficient (Wildman–Crippen LogP) is 0.913. The van der Waals surface area contributed by atoms with Crippen LogP contribution in [0.25, 0.3) is 11.0 Å². The number of fused-ring (bicyclic) bond motifs is 1. The van der Waals surface area contributed by atoms with Gasteiger partial charge >= 0.3 is 5.69 Å². The van der Waals surface area contributed by atoms with Crippen molar-refractivity contribution in [3.8, 4) is 0 Å². The van der Waals surface area contributed by atoms with E-state index in [2.05, 4.69) is 11.1 Å². The number of carbonyl (C=O) groups excluding carboxylic acids is 1. The van der Waals surface area contributed by atoms with Crippen molar-refractivity contribution in [1.29, 1.82) is 0 Å². The third-order valence-corrected chi connectivity index (χ3v) is 5.90. The number of aromatic amines is 1. The molecule has 158 valence electrons. The number of H-pyrrole nitrogens is 1. The highest BCUT2D eigenvalue weighted by molar-refractivity contribution is 6.01. The van der Waals surface area contributed by atoms with Crippen LogP contribution in [0.5, 0.6) is 0 Å². The van der Waals surface area contributed by atoms with E-state index in [0.29, 0.717) is 6.54 Å². The van der Waals surface area contributed by atoms with E-state index >= 15 is 0 Å². The van der Waals surface area contributed by atoms with E-state index in [1.807, 2.05) is 24.0 Å². The first-order valence-corrected chi connectivity index (χ1v) is 10.0. The molecular formula is C21H26N6O3. The molecule has 0 saturated carbocycles. The molecule has 0 amide bonds. The number of aryl methyl sites for hydroxylation is 1. The number of hydrogen-bond acceptors (Lipinski definition) is 6. The van der Waals surface area contributed by atoms with Crippen molar-refractivity contribution in [2.45, 2.75) is 25.7 Å². The van der Waals surface area contributed by atoms with Gasteiger partial charge in [-0.1, -0.05) is 6.07 Å². The van der Waals surface area contributed by atoms with Crippen LogP contribution in [0.15, 0.2) is 27.8 Å². The number of nitrogens with two attached hydrogens (primary N) is 1. The number of hydrogen-bond donors (Lipinski definition) is 2. The monoisotopic (exact) mass is 410 g/mol. The molecule has 2 aromatic heterocycles. The first-order valence-electron chi connectivity index (χ1n) is 10.0. The Hall–Kier alpha value is -3.20. The lowest BCUT2D eigenvalue weighted by atomic mass is 9.97. The Morgan fingerprint density at radius 3 is 2.80 bits per heavy atom. The average Bonchev–Trinajstić information content (AvgIpc) is 3.14. The molecular weight excluding hydrogens is 384 g/mol. The van der Waals surface area contributed by atoms with Crippen LogP contribution in [0.1, 0.15) is 40.5 Å². The van der Waals surface area contributed by atoms with Crippen molar-refractivity contribution in [2.75, 3.05) is 25.4 Å². The van der Waals surface area contributed by atoms with E-state index in [9.17, 15) is 14.4 Å². The maximum absolute atomic E-state index is 12.9. The highest BCUT2D eigenvalue weighted by Crippen LogP contribution is 2.27. The first-order chi connectivity index (χ1) is 14.3. The summed E-state index contributed by atoms with van der Waals surface area (Å²) < 4.78 is 2.04. The largest absolute Gasteiger partial charge is 0.384 e. The molecule has 1 saturated heterocycles. The standard InChI is InChI=1S/C21H26N6O3/c1-12-6-7-14-15(9-12)24-19(23-14)13-5-4-8-27(10-13)11-16(28)17-18(22)25(2)21(30)26(3)20(17)29/h6-7,9,13H,4-5,8,10-11,22H2,1-3H3,(H,23,24). The zero-order chi connectivity index (χ0) is 21.6. The number of carbonyl (C=O) groups is 1. The fraction of sp³-hybridized carbons (Fsp3) is 0.429. The maximum atomic E-state index is 12.9. The fourth-order valence-corrected chi connectivity index (χ4v) is 4.16. The van der Waals surface area contributed by atoms with Gasteiger partial charge in [-0.3, -0.25) is 23.6 Å². The van der Waals surface area contributed by atoms with Crippen LogP contribution in [0, 0.1) is 6.92 Å². The molecule has 3 aromatic rings. The van der Waals surface area contributed by atoms with Crippen LogP contribution in [0.4, 0.5) is 5.82 Å². The van der Waals surface area contributed by atoms with E-state index in [1.165, 1.54) is 19.7 Å². The maximum Gasteiger partial charge on any atom is 0.332 e. The molecule has 9 nitrogen and oxygen atoms in total. The molecule has 1 atom stereocenters. The zero-order valence-corrected chi connectivity index (χ0v) is 17.4. The lowest BCUT2D eigenvalue weighted by molar-refractivity contribution is 0.0903. The second kappa shape index (κ2) is 7.56. The van der Waals surface area contributed by atoms with Crippen molar-refractivity contribution in [1.82, 2.24) is 24.0 Å². The van der Waals surface area contributed by atoms with Gasteiger partial charge in [0, 0.05) is 26.6 Å². The minimum absolute atomic E-state index is 0.0769. The van der Waals surface area contributed by atoms with E-state index in [-0.39, 0.29) is 29.6 Å². The number of nitrogens with zero attached hydrogens (tertiary/aromatic N) is 4. The lowest BCUT2D eigenvalue weighted by Gasteiger charge is -2.31. The Morgan fingerprint density at radius 2 is 2.03 bits per heavy atom. The molecule has 1 aromatic carbocycles. The summed E-state index contributed by atoms with van der Waals surface area (Å²) in [7, 11) is 2.80. The van der Waals surface area contributed by atoms with E-state index in [1.54, 1.807) is 0 Å². The van der Waals surface area contributed by atoms with Crippen LogP contribution in [0.2, 0.25) is 0 Å². The van der Waals surface area contributed by atoms with Gasteiger partial charge in [-0.25, -0.2) is 9.78 Å². The third-order valence-electron chi connectivity index (χ3n) is 5.90. The topological polar surface area (TPSA) is 119 Å². The molecule has 3 N–H and O–H groups in total. The molecule has 0 spiro atoms. The van der Waals surface area contributed by atoms with Gasteiger partial charge in [-0.2, -0.15) is 0 Å². The normalized spacial score (nSPS) is 17.5. The number of nitrogens with one attached hydrogen (secondary N) is 1. The second-order valence-electron chi connectivity index (χ2n) is 8.11. The number of imidazole rings is 1. The van der Waals surface area contributed by atoms with E-state index in [0.717, 1.165) is 45.4 Å². The minimum Gasteiger partial charge on any atom is -0.384 e. The summed E-state index contributed by atoms with van der Waals surface area (Å²) >= 11 is 0. The predicted molar refractivity (Wildman–Crippen MR) is 115 cm³/mol. The van der Waals surface area contributed by atoms with E-state index in [4.69, 9.17) is 10.7 Å². The summed E-state index contributed by atoms with van der Waals surface area (Å²) in [5, 5.41) is 0. The summed E-state index contributed by atoms with van der Waals surface area (Å²) in [4.78, 5) is 47.6. The highest BCUT2D eigenvalue weighted by Gasteiger charge is 2.27. The average molecular weight is 410 g/mol. The molecule has 30 heavy (non-hydrogen) atoms. The van der Waals surface area contributed by atoms with Crippen LogP contribution >= 0.6 is 0 Å². The SMILES string of the molecule is Cc1ccc2nc(C3CCCN(CC(=O)c4c(N)n(C)c(=O)n(C)c4=O)C3)[nH]c2c1. The van der Waals surface area contributed by atoms with Crippen molar-refractivity contribution < 1.29 is 4.79 Å². The van der Waals surface area contributed by atoms with Crippen molar-refractivity contribution >= 4 is 22.6 Å². The van der Waals surface area contributed by atoms with Gasteiger partial charge in [-0.15, -0.1) is 0 Å². The number of piperidine rings is 1. The lowest BCUT2D eigenvalue weighted by Crippen LogP contribution is -2.44. The number of nitrogen functional groups attached to an aromatic ring is 1. The highest BCUT2D eigenvalue weighted by atomic mass is 16.2. The van der Waals surface area contributed by atoms with Crippen molar-refractivity contribution in [3.05, 3.63) is 56.0 Å². The van der Waals surface area contributed by atoms with Gasteiger partial charge < -0.3 is 10.7 Å². The summed E-state index contributed by atoms with van der Waals surface area (Å²) in [6.07, 6.45) is 1.90.